The molecule has 0 radical (unpaired) electrons. The van der Waals surface area contributed by atoms with Crippen LogP contribution in [0.1, 0.15) is 22.3 Å². The molecule has 6 nitrogen and oxygen atoms in total. The summed E-state index contributed by atoms with van der Waals surface area (Å²) in [5, 5.41) is 0. The Hall–Kier alpha value is -1.51. The standard InChI is InChI=1S/C15H22FN3O3S/c1-12-11-13(5-6-14(12)16)15(20)18-7-4-8-19(10-9-18)23(21,22)17(2)3/h5-6,11H,4,7-10H2,1-3H3. The van der Waals surface area contributed by atoms with Crippen LogP contribution < -0.4 is 0 Å². The van der Waals surface area contributed by atoms with Crippen molar-refractivity contribution in [3.05, 3.63) is 35.1 Å². The maximum Gasteiger partial charge on any atom is 0.281 e. The van der Waals surface area contributed by atoms with Gasteiger partial charge in [-0.2, -0.15) is 17.0 Å². The number of carbonyl (C=O) groups excluding carboxylic acids is 1. The van der Waals surface area contributed by atoms with Gasteiger partial charge in [0, 0.05) is 45.8 Å². The highest BCUT2D eigenvalue weighted by molar-refractivity contribution is 7.86. The second-order valence-corrected chi connectivity index (χ2v) is 7.94. The molecule has 0 bridgehead atoms. The molecule has 1 aliphatic rings. The first-order valence-electron chi connectivity index (χ1n) is 7.46. The Kier molecular flexibility index (Phi) is 5.38. The van der Waals surface area contributed by atoms with Crippen molar-refractivity contribution in [1.29, 1.82) is 0 Å². The largest absolute Gasteiger partial charge is 0.337 e. The lowest BCUT2D eigenvalue weighted by atomic mass is 10.1. The average molecular weight is 343 g/mol. The lowest BCUT2D eigenvalue weighted by Crippen LogP contribution is -2.42. The minimum atomic E-state index is -3.47. The summed E-state index contributed by atoms with van der Waals surface area (Å²) in [5.41, 5.74) is 0.843. The zero-order chi connectivity index (χ0) is 17.2. The van der Waals surface area contributed by atoms with E-state index in [9.17, 15) is 17.6 Å². The molecule has 1 saturated heterocycles. The predicted octanol–water partition coefficient (Wildman–Crippen LogP) is 1.09. The second kappa shape index (κ2) is 6.94. The summed E-state index contributed by atoms with van der Waals surface area (Å²) in [4.78, 5) is 14.2. The summed E-state index contributed by atoms with van der Waals surface area (Å²) >= 11 is 0. The molecule has 0 aliphatic carbocycles. The Morgan fingerprint density at radius 2 is 1.87 bits per heavy atom. The van der Waals surface area contributed by atoms with Crippen LogP contribution in [0.15, 0.2) is 18.2 Å². The molecule has 0 N–H and O–H groups in total. The van der Waals surface area contributed by atoms with Crippen molar-refractivity contribution in [3.8, 4) is 0 Å². The number of halogens is 1. The smallest absolute Gasteiger partial charge is 0.281 e. The first-order chi connectivity index (χ1) is 10.7. The minimum Gasteiger partial charge on any atom is -0.337 e. The Labute approximate surface area is 136 Å². The number of hydrogen-bond acceptors (Lipinski definition) is 3. The molecule has 0 aromatic heterocycles. The third-order valence-corrected chi connectivity index (χ3v) is 5.88. The van der Waals surface area contributed by atoms with E-state index in [1.807, 2.05) is 0 Å². The van der Waals surface area contributed by atoms with E-state index in [0.717, 1.165) is 0 Å². The summed E-state index contributed by atoms with van der Waals surface area (Å²) in [6, 6.07) is 4.27. The van der Waals surface area contributed by atoms with E-state index in [1.165, 1.54) is 40.9 Å². The molecular formula is C15H22FN3O3S. The molecular weight excluding hydrogens is 321 g/mol. The van der Waals surface area contributed by atoms with Gasteiger partial charge in [0.25, 0.3) is 16.1 Å². The normalized spacial score (nSPS) is 17.3. The fraction of sp³-hybridized carbons (Fsp3) is 0.533. The van der Waals surface area contributed by atoms with Gasteiger partial charge >= 0.3 is 0 Å². The van der Waals surface area contributed by atoms with Crippen molar-refractivity contribution in [3.63, 3.8) is 0 Å². The van der Waals surface area contributed by atoms with Gasteiger partial charge in [-0.05, 0) is 37.1 Å². The number of rotatable bonds is 3. The average Bonchev–Trinajstić information content (AvgIpc) is 2.75. The van der Waals surface area contributed by atoms with E-state index < -0.39 is 10.2 Å². The molecule has 1 heterocycles. The highest BCUT2D eigenvalue weighted by atomic mass is 32.2. The van der Waals surface area contributed by atoms with E-state index >= 15 is 0 Å². The Morgan fingerprint density at radius 1 is 1.17 bits per heavy atom. The van der Waals surface area contributed by atoms with Gasteiger partial charge in [-0.1, -0.05) is 0 Å². The van der Waals surface area contributed by atoms with Gasteiger partial charge in [-0.15, -0.1) is 0 Å². The van der Waals surface area contributed by atoms with Crippen molar-refractivity contribution < 1.29 is 17.6 Å². The Morgan fingerprint density at radius 3 is 2.48 bits per heavy atom. The third kappa shape index (κ3) is 3.88. The molecule has 1 aliphatic heterocycles. The molecule has 1 aromatic rings. The molecule has 1 fully saturated rings. The van der Waals surface area contributed by atoms with Crippen molar-refractivity contribution in [2.24, 2.45) is 0 Å². The van der Waals surface area contributed by atoms with Gasteiger partial charge in [-0.25, -0.2) is 4.39 Å². The summed E-state index contributed by atoms with van der Waals surface area (Å²) in [6.45, 7) is 3.05. The number of amides is 1. The van der Waals surface area contributed by atoms with Crippen LogP contribution >= 0.6 is 0 Å². The van der Waals surface area contributed by atoms with Crippen molar-refractivity contribution in [2.45, 2.75) is 13.3 Å². The lowest BCUT2D eigenvalue weighted by Gasteiger charge is -2.24. The van der Waals surface area contributed by atoms with Crippen LogP contribution in [0, 0.1) is 12.7 Å². The van der Waals surface area contributed by atoms with Crippen LogP contribution in [0.2, 0.25) is 0 Å². The zero-order valence-electron chi connectivity index (χ0n) is 13.6. The van der Waals surface area contributed by atoms with Gasteiger partial charge in [0.15, 0.2) is 0 Å². The maximum atomic E-state index is 13.3. The van der Waals surface area contributed by atoms with Crippen LogP contribution in [-0.2, 0) is 10.2 Å². The molecule has 0 atom stereocenters. The molecule has 23 heavy (non-hydrogen) atoms. The number of carbonyl (C=O) groups is 1. The summed E-state index contributed by atoms with van der Waals surface area (Å²) in [6.07, 6.45) is 0.568. The fourth-order valence-electron chi connectivity index (χ4n) is 2.52. The van der Waals surface area contributed by atoms with Crippen LogP contribution in [0.4, 0.5) is 4.39 Å². The summed E-state index contributed by atoms with van der Waals surface area (Å²) in [7, 11) is -0.489. The van der Waals surface area contributed by atoms with E-state index in [1.54, 1.807) is 11.8 Å². The molecule has 8 heteroatoms. The number of aryl methyl sites for hydroxylation is 1. The molecule has 1 aromatic carbocycles. The number of hydrogen-bond donors (Lipinski definition) is 0. The minimum absolute atomic E-state index is 0.197. The quantitative estimate of drug-likeness (QED) is 0.825. The molecule has 0 saturated carbocycles. The topological polar surface area (TPSA) is 60.9 Å². The fourth-order valence-corrected chi connectivity index (χ4v) is 3.65. The van der Waals surface area contributed by atoms with E-state index in [-0.39, 0.29) is 18.3 Å². The highest BCUT2D eigenvalue weighted by Gasteiger charge is 2.28. The van der Waals surface area contributed by atoms with Crippen LogP contribution in [0.5, 0.6) is 0 Å². The number of nitrogens with zero attached hydrogens (tertiary/aromatic N) is 3. The van der Waals surface area contributed by atoms with Crippen molar-refractivity contribution >= 4 is 16.1 Å². The van der Waals surface area contributed by atoms with Crippen LogP contribution in [0.3, 0.4) is 0 Å². The Balaban J connectivity index is 2.11. The van der Waals surface area contributed by atoms with Gasteiger partial charge in [0.05, 0.1) is 0 Å². The maximum absolute atomic E-state index is 13.3. The number of benzene rings is 1. The molecule has 0 spiro atoms. The van der Waals surface area contributed by atoms with E-state index in [0.29, 0.717) is 37.2 Å². The predicted molar refractivity (Wildman–Crippen MR) is 85.8 cm³/mol. The summed E-state index contributed by atoms with van der Waals surface area (Å²) in [5.74, 6) is -0.544. The summed E-state index contributed by atoms with van der Waals surface area (Å²) < 4.78 is 40.2. The first kappa shape index (κ1) is 17.8. The molecule has 128 valence electrons. The van der Waals surface area contributed by atoms with Gasteiger partial charge in [0.2, 0.25) is 0 Å². The first-order valence-corrected chi connectivity index (χ1v) is 8.86. The Bertz CT molecular complexity index is 691. The zero-order valence-corrected chi connectivity index (χ0v) is 14.4. The van der Waals surface area contributed by atoms with Crippen LogP contribution in [0.25, 0.3) is 0 Å². The molecule has 0 unspecified atom stereocenters. The SMILES string of the molecule is Cc1cc(C(=O)N2CCCN(S(=O)(=O)N(C)C)CC2)ccc1F. The van der Waals surface area contributed by atoms with Crippen LogP contribution in [-0.4, -0.2) is 68.1 Å². The molecule has 1 amide bonds. The monoisotopic (exact) mass is 343 g/mol. The van der Waals surface area contributed by atoms with E-state index in [2.05, 4.69) is 0 Å². The van der Waals surface area contributed by atoms with E-state index in [4.69, 9.17) is 0 Å². The van der Waals surface area contributed by atoms with Gasteiger partial charge in [-0.3, -0.25) is 4.79 Å². The van der Waals surface area contributed by atoms with Gasteiger partial charge in [0.1, 0.15) is 5.82 Å². The molecule has 2 rings (SSSR count). The highest BCUT2D eigenvalue weighted by Crippen LogP contribution is 2.15. The second-order valence-electron chi connectivity index (χ2n) is 5.80. The van der Waals surface area contributed by atoms with Crippen molar-refractivity contribution in [2.75, 3.05) is 40.3 Å². The van der Waals surface area contributed by atoms with Gasteiger partial charge < -0.3 is 4.90 Å². The van der Waals surface area contributed by atoms with Crippen molar-refractivity contribution in [1.82, 2.24) is 13.5 Å². The lowest BCUT2D eigenvalue weighted by molar-refractivity contribution is 0.0764. The third-order valence-electron chi connectivity index (χ3n) is 3.93.